The zero-order chi connectivity index (χ0) is 14.2. The lowest BCUT2D eigenvalue weighted by atomic mass is 10.0. The second-order valence-electron chi connectivity index (χ2n) is 5.01. The van der Waals surface area contributed by atoms with E-state index in [2.05, 4.69) is 4.98 Å². The number of para-hydroxylation sites is 2. The van der Waals surface area contributed by atoms with Gasteiger partial charge < -0.3 is 9.52 Å². The van der Waals surface area contributed by atoms with E-state index >= 15 is 0 Å². The SMILES string of the molecule is OC(c1cc2ccccc2o1)c1ccnc2ccccc12. The third-order valence-electron chi connectivity index (χ3n) is 3.69. The van der Waals surface area contributed by atoms with Crippen LogP contribution in [0, 0.1) is 0 Å². The Morgan fingerprint density at radius 1 is 0.952 bits per heavy atom. The van der Waals surface area contributed by atoms with Gasteiger partial charge in [0.15, 0.2) is 0 Å². The van der Waals surface area contributed by atoms with Gasteiger partial charge in [0.05, 0.1) is 5.52 Å². The van der Waals surface area contributed by atoms with Crippen LogP contribution >= 0.6 is 0 Å². The first kappa shape index (κ1) is 12.1. The van der Waals surface area contributed by atoms with Gasteiger partial charge in [0.2, 0.25) is 0 Å². The lowest BCUT2D eigenvalue weighted by Gasteiger charge is -2.10. The Hall–Kier alpha value is -2.65. The van der Waals surface area contributed by atoms with E-state index in [-0.39, 0.29) is 0 Å². The van der Waals surface area contributed by atoms with Gasteiger partial charge in [-0.05, 0) is 29.8 Å². The van der Waals surface area contributed by atoms with Crippen molar-refractivity contribution in [3.8, 4) is 0 Å². The number of rotatable bonds is 2. The quantitative estimate of drug-likeness (QED) is 0.600. The zero-order valence-corrected chi connectivity index (χ0v) is 11.2. The third-order valence-corrected chi connectivity index (χ3v) is 3.69. The van der Waals surface area contributed by atoms with Crippen molar-refractivity contribution in [2.75, 3.05) is 0 Å². The maximum atomic E-state index is 10.7. The number of hydrogen-bond donors (Lipinski definition) is 1. The summed E-state index contributed by atoms with van der Waals surface area (Å²) in [6.07, 6.45) is 0.911. The predicted molar refractivity (Wildman–Crippen MR) is 82.0 cm³/mol. The average Bonchev–Trinajstić information content (AvgIpc) is 2.97. The van der Waals surface area contributed by atoms with Gasteiger partial charge in [0, 0.05) is 17.0 Å². The van der Waals surface area contributed by atoms with Crippen molar-refractivity contribution >= 4 is 21.9 Å². The number of nitrogens with zero attached hydrogens (tertiary/aromatic N) is 1. The van der Waals surface area contributed by atoms with Crippen LogP contribution in [0.4, 0.5) is 0 Å². The third kappa shape index (κ3) is 1.99. The number of benzene rings is 2. The topological polar surface area (TPSA) is 46.3 Å². The maximum Gasteiger partial charge on any atom is 0.138 e. The average molecular weight is 275 g/mol. The van der Waals surface area contributed by atoms with Crippen LogP contribution in [0.1, 0.15) is 17.4 Å². The highest BCUT2D eigenvalue weighted by Gasteiger charge is 2.17. The molecule has 0 saturated carbocycles. The van der Waals surface area contributed by atoms with E-state index in [9.17, 15) is 5.11 Å². The Labute approximate surface area is 121 Å². The molecule has 0 aliphatic carbocycles. The first-order valence-electron chi connectivity index (χ1n) is 6.83. The van der Waals surface area contributed by atoms with Crippen LogP contribution in [0.15, 0.2) is 71.3 Å². The molecule has 0 aliphatic rings. The Morgan fingerprint density at radius 3 is 2.67 bits per heavy atom. The van der Waals surface area contributed by atoms with Gasteiger partial charge in [-0.15, -0.1) is 0 Å². The molecule has 4 rings (SSSR count). The number of hydrogen-bond acceptors (Lipinski definition) is 3. The molecule has 1 N–H and O–H groups in total. The van der Waals surface area contributed by atoms with Gasteiger partial charge in [0.25, 0.3) is 0 Å². The standard InChI is InChI=1S/C18H13NO2/c20-18(17-11-12-5-1-4-8-16(12)21-17)14-9-10-19-15-7-3-2-6-13(14)15/h1-11,18,20H. The number of furan rings is 1. The summed E-state index contributed by atoms with van der Waals surface area (Å²) >= 11 is 0. The Balaban J connectivity index is 1.87. The molecule has 21 heavy (non-hydrogen) atoms. The lowest BCUT2D eigenvalue weighted by Crippen LogP contribution is -1.99. The molecule has 3 heteroatoms. The van der Waals surface area contributed by atoms with Crippen molar-refractivity contribution in [3.05, 3.63) is 78.2 Å². The molecule has 1 unspecified atom stereocenters. The molecule has 3 nitrogen and oxygen atoms in total. The van der Waals surface area contributed by atoms with Gasteiger partial charge >= 0.3 is 0 Å². The molecule has 0 radical (unpaired) electrons. The largest absolute Gasteiger partial charge is 0.458 e. The monoisotopic (exact) mass is 275 g/mol. The van der Waals surface area contributed by atoms with Crippen molar-refractivity contribution in [2.45, 2.75) is 6.10 Å². The van der Waals surface area contributed by atoms with Crippen LogP contribution in [-0.2, 0) is 0 Å². The van der Waals surface area contributed by atoms with Crippen molar-refractivity contribution < 1.29 is 9.52 Å². The minimum Gasteiger partial charge on any atom is -0.458 e. The van der Waals surface area contributed by atoms with E-state index < -0.39 is 6.10 Å². The lowest BCUT2D eigenvalue weighted by molar-refractivity contribution is 0.193. The summed E-state index contributed by atoms with van der Waals surface area (Å²) in [5, 5.41) is 12.6. The second-order valence-corrected chi connectivity index (χ2v) is 5.01. The minimum absolute atomic E-state index is 0.549. The molecule has 102 valence electrons. The number of fused-ring (bicyclic) bond motifs is 2. The summed E-state index contributed by atoms with van der Waals surface area (Å²) < 4.78 is 5.76. The van der Waals surface area contributed by atoms with Crippen LogP contribution in [0.3, 0.4) is 0 Å². The van der Waals surface area contributed by atoms with Crippen molar-refractivity contribution in [1.82, 2.24) is 4.98 Å². The predicted octanol–water partition coefficient (Wildman–Crippen LogP) is 4.06. The fraction of sp³-hybridized carbons (Fsp3) is 0.0556. The summed E-state index contributed by atoms with van der Waals surface area (Å²) in [6, 6.07) is 19.2. The molecule has 2 heterocycles. The summed E-state index contributed by atoms with van der Waals surface area (Å²) in [4.78, 5) is 4.32. The highest BCUT2D eigenvalue weighted by Crippen LogP contribution is 2.31. The summed E-state index contributed by atoms with van der Waals surface area (Å²) in [5.41, 5.74) is 2.45. The van der Waals surface area contributed by atoms with Gasteiger partial charge in [-0.3, -0.25) is 4.98 Å². The van der Waals surface area contributed by atoms with Gasteiger partial charge in [-0.1, -0.05) is 36.4 Å². The smallest absolute Gasteiger partial charge is 0.138 e. The minimum atomic E-state index is -0.801. The van der Waals surface area contributed by atoms with Crippen LogP contribution in [0.2, 0.25) is 0 Å². The Morgan fingerprint density at radius 2 is 1.76 bits per heavy atom. The van der Waals surface area contributed by atoms with E-state index in [1.165, 1.54) is 0 Å². The molecule has 0 saturated heterocycles. The van der Waals surface area contributed by atoms with Gasteiger partial charge in [-0.25, -0.2) is 0 Å². The van der Waals surface area contributed by atoms with Crippen molar-refractivity contribution in [1.29, 1.82) is 0 Å². The highest BCUT2D eigenvalue weighted by molar-refractivity contribution is 5.83. The van der Waals surface area contributed by atoms with Crippen LogP contribution < -0.4 is 0 Å². The van der Waals surface area contributed by atoms with Crippen LogP contribution in [0.25, 0.3) is 21.9 Å². The molecular weight excluding hydrogens is 262 g/mol. The molecule has 4 aromatic rings. The highest BCUT2D eigenvalue weighted by atomic mass is 16.4. The maximum absolute atomic E-state index is 10.7. The first-order chi connectivity index (χ1) is 10.3. The Kier molecular flexibility index (Phi) is 2.72. The van der Waals surface area contributed by atoms with Gasteiger partial charge in [0.1, 0.15) is 17.4 Å². The Bertz CT molecular complexity index is 888. The normalized spacial score (nSPS) is 12.8. The van der Waals surface area contributed by atoms with Crippen LogP contribution in [0.5, 0.6) is 0 Å². The molecule has 1 atom stereocenters. The number of aromatic nitrogens is 1. The number of aliphatic hydroxyl groups excluding tert-OH is 1. The first-order valence-corrected chi connectivity index (χ1v) is 6.83. The summed E-state index contributed by atoms with van der Waals surface area (Å²) in [5.74, 6) is 0.549. The van der Waals surface area contributed by atoms with Gasteiger partial charge in [-0.2, -0.15) is 0 Å². The fourth-order valence-corrected chi connectivity index (χ4v) is 2.65. The number of pyridine rings is 1. The summed E-state index contributed by atoms with van der Waals surface area (Å²) in [7, 11) is 0. The van der Waals surface area contributed by atoms with Crippen molar-refractivity contribution in [2.24, 2.45) is 0 Å². The molecule has 0 aliphatic heterocycles. The zero-order valence-electron chi connectivity index (χ0n) is 11.2. The number of aliphatic hydroxyl groups is 1. The molecule has 0 fully saturated rings. The van der Waals surface area contributed by atoms with Crippen molar-refractivity contribution in [3.63, 3.8) is 0 Å². The molecule has 2 aromatic carbocycles. The molecule has 0 bridgehead atoms. The second kappa shape index (κ2) is 4.72. The van der Waals surface area contributed by atoms with E-state index in [1.54, 1.807) is 6.20 Å². The van der Waals surface area contributed by atoms with E-state index in [0.717, 1.165) is 27.4 Å². The van der Waals surface area contributed by atoms with Crippen LogP contribution in [-0.4, -0.2) is 10.1 Å². The fourth-order valence-electron chi connectivity index (χ4n) is 2.65. The van der Waals surface area contributed by atoms with E-state index in [0.29, 0.717) is 5.76 Å². The molecule has 0 spiro atoms. The van der Waals surface area contributed by atoms with E-state index in [1.807, 2.05) is 60.7 Å². The summed E-state index contributed by atoms with van der Waals surface area (Å²) in [6.45, 7) is 0. The van der Waals surface area contributed by atoms with E-state index in [4.69, 9.17) is 4.42 Å². The molecular formula is C18H13NO2. The molecule has 2 aromatic heterocycles. The molecule has 0 amide bonds.